The van der Waals surface area contributed by atoms with Crippen molar-refractivity contribution in [2.24, 2.45) is 5.92 Å². The van der Waals surface area contributed by atoms with Gasteiger partial charge in [-0.05, 0) is 19.9 Å². The van der Waals surface area contributed by atoms with Gasteiger partial charge in [0.25, 0.3) is 5.92 Å². The van der Waals surface area contributed by atoms with E-state index in [4.69, 9.17) is 10.00 Å². The summed E-state index contributed by atoms with van der Waals surface area (Å²) in [4.78, 5) is 0. The Morgan fingerprint density at radius 2 is 2.38 bits per heavy atom. The first kappa shape index (κ1) is 13.1. The second-order valence-electron chi connectivity index (χ2n) is 3.95. The zero-order valence-corrected chi connectivity index (χ0v) is 9.25. The van der Waals surface area contributed by atoms with Gasteiger partial charge < -0.3 is 10.1 Å². The number of hydrogen-bond donors (Lipinski definition) is 1. The molecule has 0 aliphatic carbocycles. The molecule has 90 valence electrons. The van der Waals surface area contributed by atoms with Crippen LogP contribution in [0.1, 0.15) is 13.3 Å². The molecule has 16 heavy (non-hydrogen) atoms. The Bertz CT molecular complexity index is 288. The van der Waals surface area contributed by atoms with Gasteiger partial charge >= 0.3 is 0 Å². The van der Waals surface area contributed by atoms with E-state index in [0.29, 0.717) is 6.54 Å². The molecule has 0 aromatic heterocycles. The molecule has 3 atom stereocenters. The topological polar surface area (TPSA) is 45.0 Å². The molecular weight excluding hydrogens is 214 g/mol. The molecule has 3 unspecified atom stereocenters. The van der Waals surface area contributed by atoms with E-state index in [1.54, 1.807) is 6.92 Å². The quantitative estimate of drug-likeness (QED) is 0.748. The number of ether oxygens (including phenoxy) is 1. The fourth-order valence-electron chi connectivity index (χ4n) is 1.67. The van der Waals surface area contributed by atoms with Crippen LogP contribution in [0.25, 0.3) is 0 Å². The summed E-state index contributed by atoms with van der Waals surface area (Å²) in [5, 5.41) is 11.4. The van der Waals surface area contributed by atoms with Gasteiger partial charge in [-0.2, -0.15) is 5.26 Å². The van der Waals surface area contributed by atoms with Crippen LogP contribution in [0.4, 0.5) is 8.78 Å². The fourth-order valence-corrected chi connectivity index (χ4v) is 1.67. The summed E-state index contributed by atoms with van der Waals surface area (Å²) in [6.45, 7) is 5.25. The van der Waals surface area contributed by atoms with Crippen molar-refractivity contribution >= 4 is 0 Å². The molecule has 1 fully saturated rings. The van der Waals surface area contributed by atoms with E-state index in [1.165, 1.54) is 6.08 Å². The van der Waals surface area contributed by atoms with Crippen LogP contribution in [0.15, 0.2) is 12.7 Å². The summed E-state index contributed by atoms with van der Waals surface area (Å²) < 4.78 is 32.1. The van der Waals surface area contributed by atoms with Crippen LogP contribution in [-0.2, 0) is 4.74 Å². The van der Waals surface area contributed by atoms with Crippen molar-refractivity contribution in [1.82, 2.24) is 5.32 Å². The smallest absolute Gasteiger partial charge is 0.285 e. The lowest BCUT2D eigenvalue weighted by molar-refractivity contribution is -0.169. The minimum absolute atomic E-state index is 0.257. The lowest BCUT2D eigenvalue weighted by atomic mass is 10.0. The van der Waals surface area contributed by atoms with Gasteiger partial charge in [-0.1, -0.05) is 6.08 Å². The van der Waals surface area contributed by atoms with Crippen molar-refractivity contribution in [1.29, 1.82) is 5.26 Å². The maximum absolute atomic E-state index is 13.4. The Labute approximate surface area is 94.1 Å². The van der Waals surface area contributed by atoms with Gasteiger partial charge in [0.2, 0.25) is 0 Å². The SMILES string of the molecule is C=CC(C#N)C(C)OC1CCNCC1(F)F. The molecule has 0 aromatic carbocycles. The zero-order valence-electron chi connectivity index (χ0n) is 9.25. The Morgan fingerprint density at radius 1 is 1.69 bits per heavy atom. The van der Waals surface area contributed by atoms with Gasteiger partial charge in [0.15, 0.2) is 0 Å². The minimum Gasteiger partial charge on any atom is -0.367 e. The summed E-state index contributed by atoms with van der Waals surface area (Å²) in [6, 6.07) is 1.96. The van der Waals surface area contributed by atoms with E-state index >= 15 is 0 Å². The first-order valence-electron chi connectivity index (χ1n) is 5.27. The molecule has 1 heterocycles. The van der Waals surface area contributed by atoms with Crippen LogP contribution in [0.5, 0.6) is 0 Å². The predicted octanol–water partition coefficient (Wildman–Crippen LogP) is 1.71. The zero-order chi connectivity index (χ0) is 12.2. The summed E-state index contributed by atoms with van der Waals surface area (Å²) in [7, 11) is 0. The highest BCUT2D eigenvalue weighted by molar-refractivity contribution is 5.00. The van der Waals surface area contributed by atoms with Crippen LogP contribution in [0, 0.1) is 17.2 Å². The minimum atomic E-state index is -2.87. The third-order valence-electron chi connectivity index (χ3n) is 2.70. The van der Waals surface area contributed by atoms with E-state index in [2.05, 4.69) is 11.9 Å². The molecular formula is C11H16F2N2O. The average Bonchev–Trinajstić information content (AvgIpc) is 2.23. The van der Waals surface area contributed by atoms with Crippen LogP contribution >= 0.6 is 0 Å². The highest BCUT2D eigenvalue weighted by atomic mass is 19.3. The molecule has 1 N–H and O–H groups in total. The molecule has 5 heteroatoms. The molecule has 0 amide bonds. The molecule has 1 aliphatic heterocycles. The van der Waals surface area contributed by atoms with Gasteiger partial charge in [-0.15, -0.1) is 6.58 Å². The Hall–Kier alpha value is -0.990. The Kier molecular flexibility index (Phi) is 4.39. The summed E-state index contributed by atoms with van der Waals surface area (Å²) >= 11 is 0. The van der Waals surface area contributed by atoms with E-state index < -0.39 is 24.0 Å². The molecule has 3 nitrogen and oxygen atoms in total. The highest BCUT2D eigenvalue weighted by Gasteiger charge is 2.43. The van der Waals surface area contributed by atoms with Crippen LogP contribution in [0.2, 0.25) is 0 Å². The summed E-state index contributed by atoms with van der Waals surface area (Å²) in [6.07, 6.45) is 0.00675. The lowest BCUT2D eigenvalue weighted by Crippen LogP contribution is -2.51. The van der Waals surface area contributed by atoms with Crippen LogP contribution in [0.3, 0.4) is 0 Å². The van der Waals surface area contributed by atoms with Crippen molar-refractivity contribution in [2.45, 2.75) is 31.5 Å². The second kappa shape index (κ2) is 5.37. The number of nitrogens with one attached hydrogen (secondary N) is 1. The van der Waals surface area contributed by atoms with Crippen molar-refractivity contribution in [3.63, 3.8) is 0 Å². The standard InChI is InChI=1S/C11H16F2N2O/c1-3-9(6-14)8(2)16-10-4-5-15-7-11(10,12)13/h3,8-10,15H,1,4-5,7H2,2H3. The van der Waals surface area contributed by atoms with Gasteiger partial charge in [-0.25, -0.2) is 8.78 Å². The van der Waals surface area contributed by atoms with Crippen LogP contribution < -0.4 is 5.32 Å². The number of nitrogens with zero attached hydrogens (tertiary/aromatic N) is 1. The molecule has 1 rings (SSSR count). The molecule has 0 radical (unpaired) electrons. The van der Waals surface area contributed by atoms with Gasteiger partial charge in [0, 0.05) is 0 Å². The number of piperidine rings is 1. The van der Waals surface area contributed by atoms with E-state index in [9.17, 15) is 8.78 Å². The molecule has 0 aromatic rings. The number of halogens is 2. The first-order chi connectivity index (χ1) is 7.51. The molecule has 1 aliphatic rings. The summed E-state index contributed by atoms with van der Waals surface area (Å²) in [5.74, 6) is -3.42. The number of rotatable bonds is 4. The number of hydrogen-bond acceptors (Lipinski definition) is 3. The van der Waals surface area contributed by atoms with E-state index in [0.717, 1.165) is 0 Å². The van der Waals surface area contributed by atoms with Gasteiger partial charge in [-0.3, -0.25) is 0 Å². The van der Waals surface area contributed by atoms with Crippen LogP contribution in [-0.4, -0.2) is 31.2 Å². The lowest BCUT2D eigenvalue weighted by Gasteiger charge is -2.34. The molecule has 0 saturated carbocycles. The largest absolute Gasteiger partial charge is 0.367 e. The van der Waals surface area contributed by atoms with E-state index in [-0.39, 0.29) is 13.0 Å². The fraction of sp³-hybridized carbons (Fsp3) is 0.727. The Balaban J connectivity index is 2.58. The number of nitriles is 1. The Morgan fingerprint density at radius 3 is 2.88 bits per heavy atom. The normalized spacial score (nSPS) is 27.8. The molecule has 0 bridgehead atoms. The maximum atomic E-state index is 13.4. The van der Waals surface area contributed by atoms with Gasteiger partial charge in [0.05, 0.1) is 24.6 Å². The maximum Gasteiger partial charge on any atom is 0.285 e. The van der Waals surface area contributed by atoms with Crippen molar-refractivity contribution in [3.8, 4) is 6.07 Å². The molecule has 0 spiro atoms. The van der Waals surface area contributed by atoms with Crippen molar-refractivity contribution in [2.75, 3.05) is 13.1 Å². The predicted molar refractivity (Wildman–Crippen MR) is 56.1 cm³/mol. The third-order valence-corrected chi connectivity index (χ3v) is 2.70. The molecule has 1 saturated heterocycles. The first-order valence-corrected chi connectivity index (χ1v) is 5.27. The third kappa shape index (κ3) is 3.00. The van der Waals surface area contributed by atoms with Crippen molar-refractivity contribution in [3.05, 3.63) is 12.7 Å². The van der Waals surface area contributed by atoms with Gasteiger partial charge in [0.1, 0.15) is 6.10 Å². The average molecular weight is 230 g/mol. The van der Waals surface area contributed by atoms with E-state index in [1.807, 2.05) is 6.07 Å². The van der Waals surface area contributed by atoms with Crippen molar-refractivity contribution < 1.29 is 13.5 Å². The monoisotopic (exact) mass is 230 g/mol. The summed E-state index contributed by atoms with van der Waals surface area (Å²) in [5.41, 5.74) is 0. The highest BCUT2D eigenvalue weighted by Crippen LogP contribution is 2.28. The second-order valence-corrected chi connectivity index (χ2v) is 3.95. The number of alkyl halides is 2.